The predicted molar refractivity (Wildman–Crippen MR) is 108 cm³/mol. The summed E-state index contributed by atoms with van der Waals surface area (Å²) < 4.78 is 18.0. The van der Waals surface area contributed by atoms with Gasteiger partial charge in [-0.2, -0.15) is 0 Å². The van der Waals surface area contributed by atoms with Gasteiger partial charge in [0, 0.05) is 37.3 Å². The largest absolute Gasteiger partial charge is 0.493 e. The Morgan fingerprint density at radius 3 is 2.41 bits per heavy atom. The van der Waals surface area contributed by atoms with Gasteiger partial charge in [-0.05, 0) is 36.1 Å². The van der Waals surface area contributed by atoms with Crippen molar-refractivity contribution in [2.24, 2.45) is 5.92 Å². The number of ether oxygens (including phenoxy) is 3. The monoisotopic (exact) mass is 398 g/mol. The van der Waals surface area contributed by atoms with E-state index in [1.54, 1.807) is 27.4 Å². The van der Waals surface area contributed by atoms with Crippen LogP contribution in [0.3, 0.4) is 0 Å². The highest BCUT2D eigenvalue weighted by Crippen LogP contribution is 2.39. The first-order valence-corrected chi connectivity index (χ1v) is 9.80. The molecule has 0 saturated carbocycles. The fraction of sp³-hybridized carbons (Fsp3) is 0.455. The van der Waals surface area contributed by atoms with Crippen molar-refractivity contribution in [3.8, 4) is 17.2 Å². The SMILES string of the molecule is COc1cc(CC(=O)N2C[C@@H]3C[C@@H](C2)c2cccc(=O)n2C3)cc(OC)c1OC. The number of carbonyl (C=O) groups is 1. The molecule has 2 atom stereocenters. The van der Waals surface area contributed by atoms with Crippen LogP contribution < -0.4 is 19.8 Å². The smallest absolute Gasteiger partial charge is 0.250 e. The lowest BCUT2D eigenvalue weighted by Crippen LogP contribution is -2.49. The number of piperidine rings is 1. The van der Waals surface area contributed by atoms with Crippen LogP contribution in [0.15, 0.2) is 35.1 Å². The quantitative estimate of drug-likeness (QED) is 0.771. The van der Waals surface area contributed by atoms with Gasteiger partial charge in [0.25, 0.3) is 5.56 Å². The number of nitrogens with zero attached hydrogens (tertiary/aromatic N) is 2. The Labute approximate surface area is 169 Å². The van der Waals surface area contributed by atoms with Gasteiger partial charge in [-0.25, -0.2) is 0 Å². The topological polar surface area (TPSA) is 70.0 Å². The second-order valence-electron chi connectivity index (χ2n) is 7.71. The minimum atomic E-state index is 0.0504. The summed E-state index contributed by atoms with van der Waals surface area (Å²) >= 11 is 0. The van der Waals surface area contributed by atoms with E-state index in [4.69, 9.17) is 14.2 Å². The van der Waals surface area contributed by atoms with Crippen LogP contribution in [0.25, 0.3) is 0 Å². The van der Waals surface area contributed by atoms with Gasteiger partial charge in [-0.15, -0.1) is 0 Å². The maximum atomic E-state index is 13.1. The van der Waals surface area contributed by atoms with Crippen LogP contribution in [0.5, 0.6) is 17.2 Å². The lowest BCUT2D eigenvalue weighted by molar-refractivity contribution is -0.133. The second-order valence-corrected chi connectivity index (χ2v) is 7.71. The minimum Gasteiger partial charge on any atom is -0.493 e. The van der Waals surface area contributed by atoms with Crippen LogP contribution in [-0.2, 0) is 17.8 Å². The molecular formula is C22H26N2O5. The van der Waals surface area contributed by atoms with E-state index in [2.05, 4.69) is 0 Å². The fourth-order valence-corrected chi connectivity index (χ4v) is 4.62. The van der Waals surface area contributed by atoms with E-state index >= 15 is 0 Å². The summed E-state index contributed by atoms with van der Waals surface area (Å²) in [5, 5.41) is 0. The Hall–Kier alpha value is -2.96. The summed E-state index contributed by atoms with van der Waals surface area (Å²) in [5.74, 6) is 2.18. The highest BCUT2D eigenvalue weighted by Gasteiger charge is 2.36. The first-order valence-electron chi connectivity index (χ1n) is 9.80. The summed E-state index contributed by atoms with van der Waals surface area (Å²) in [6.45, 7) is 2.00. The van der Waals surface area contributed by atoms with Crippen molar-refractivity contribution in [2.75, 3.05) is 34.4 Å². The number of hydrogen-bond donors (Lipinski definition) is 0. The Morgan fingerprint density at radius 2 is 1.76 bits per heavy atom. The number of fused-ring (bicyclic) bond motifs is 4. The molecule has 2 aromatic rings. The lowest BCUT2D eigenvalue weighted by atomic mass is 9.83. The van der Waals surface area contributed by atoms with Crippen molar-refractivity contribution >= 4 is 5.91 Å². The van der Waals surface area contributed by atoms with E-state index in [-0.39, 0.29) is 23.8 Å². The van der Waals surface area contributed by atoms with Gasteiger partial charge in [-0.1, -0.05) is 6.07 Å². The maximum Gasteiger partial charge on any atom is 0.250 e. The molecule has 1 amide bonds. The highest BCUT2D eigenvalue weighted by atomic mass is 16.5. The number of likely N-dealkylation sites (tertiary alicyclic amines) is 1. The Balaban J connectivity index is 1.54. The Kier molecular flexibility index (Phi) is 5.22. The highest BCUT2D eigenvalue weighted by molar-refractivity contribution is 5.79. The van der Waals surface area contributed by atoms with E-state index in [1.807, 2.05) is 33.7 Å². The van der Waals surface area contributed by atoms with Crippen LogP contribution in [0.4, 0.5) is 0 Å². The molecule has 2 aliphatic rings. The number of hydrogen-bond acceptors (Lipinski definition) is 5. The molecule has 1 aromatic carbocycles. The molecule has 1 aromatic heterocycles. The first-order chi connectivity index (χ1) is 14.0. The molecule has 3 heterocycles. The number of carbonyl (C=O) groups excluding carboxylic acids is 1. The van der Waals surface area contributed by atoms with Gasteiger partial charge in [0.05, 0.1) is 27.8 Å². The van der Waals surface area contributed by atoms with Crippen molar-refractivity contribution in [2.45, 2.75) is 25.3 Å². The van der Waals surface area contributed by atoms with Crippen molar-refractivity contribution < 1.29 is 19.0 Å². The van der Waals surface area contributed by atoms with E-state index < -0.39 is 0 Å². The summed E-state index contributed by atoms with van der Waals surface area (Å²) in [5.41, 5.74) is 1.91. The normalized spacial score (nSPS) is 20.0. The van der Waals surface area contributed by atoms with E-state index in [1.165, 1.54) is 0 Å². The molecule has 1 fully saturated rings. The Morgan fingerprint density at radius 1 is 1.03 bits per heavy atom. The van der Waals surface area contributed by atoms with Crippen molar-refractivity contribution in [1.29, 1.82) is 0 Å². The fourth-order valence-electron chi connectivity index (χ4n) is 4.62. The average Bonchev–Trinajstić information content (AvgIpc) is 2.73. The van der Waals surface area contributed by atoms with E-state index in [9.17, 15) is 9.59 Å². The molecule has 0 spiro atoms. The third-order valence-corrected chi connectivity index (χ3v) is 5.91. The second kappa shape index (κ2) is 7.81. The minimum absolute atomic E-state index is 0.0504. The predicted octanol–water partition coefficient (Wildman–Crippen LogP) is 2.06. The molecular weight excluding hydrogens is 372 g/mol. The summed E-state index contributed by atoms with van der Waals surface area (Å²) in [7, 11) is 4.68. The standard InChI is InChI=1S/C22H26N2O5/c1-27-18-8-14(9-19(28-2)22(18)29-3)10-21(26)23-11-15-7-16(13-23)17-5-4-6-20(25)24(17)12-15/h4-6,8-9,15-16H,7,10-13H2,1-3H3/t15-,16-/m0/s1. The number of rotatable bonds is 5. The zero-order chi connectivity index (χ0) is 20.5. The van der Waals surface area contributed by atoms with Crippen LogP contribution in [-0.4, -0.2) is 49.8 Å². The number of pyridine rings is 1. The third-order valence-electron chi connectivity index (χ3n) is 5.91. The summed E-state index contributed by atoms with van der Waals surface area (Å²) in [6, 6.07) is 9.07. The molecule has 0 unspecified atom stereocenters. The number of amides is 1. The van der Waals surface area contributed by atoms with Gasteiger partial charge in [0.1, 0.15) is 0 Å². The molecule has 0 aliphatic carbocycles. The molecule has 0 radical (unpaired) electrons. The van der Waals surface area contributed by atoms with Crippen molar-refractivity contribution in [3.05, 3.63) is 51.9 Å². The molecule has 2 bridgehead atoms. The molecule has 2 aliphatic heterocycles. The van der Waals surface area contributed by atoms with Gasteiger partial charge >= 0.3 is 0 Å². The van der Waals surface area contributed by atoms with Crippen LogP contribution in [0, 0.1) is 5.92 Å². The molecule has 154 valence electrons. The van der Waals surface area contributed by atoms with Gasteiger partial charge in [0.2, 0.25) is 11.7 Å². The summed E-state index contributed by atoms with van der Waals surface area (Å²) in [6.07, 6.45) is 1.29. The van der Waals surface area contributed by atoms with E-state index in [0.717, 1.165) is 17.7 Å². The zero-order valence-electron chi connectivity index (χ0n) is 17.0. The first kappa shape index (κ1) is 19.4. The van der Waals surface area contributed by atoms with Gasteiger partial charge in [-0.3, -0.25) is 9.59 Å². The molecule has 7 heteroatoms. The average molecular weight is 398 g/mol. The van der Waals surface area contributed by atoms with Gasteiger partial charge < -0.3 is 23.7 Å². The van der Waals surface area contributed by atoms with Crippen LogP contribution in [0.2, 0.25) is 0 Å². The maximum absolute atomic E-state index is 13.1. The molecule has 7 nitrogen and oxygen atoms in total. The molecule has 4 rings (SSSR count). The van der Waals surface area contributed by atoms with Gasteiger partial charge in [0.15, 0.2) is 11.5 Å². The van der Waals surface area contributed by atoms with Crippen LogP contribution >= 0.6 is 0 Å². The third kappa shape index (κ3) is 3.57. The zero-order valence-corrected chi connectivity index (χ0v) is 17.0. The van der Waals surface area contributed by atoms with E-state index in [0.29, 0.717) is 42.8 Å². The summed E-state index contributed by atoms with van der Waals surface area (Å²) in [4.78, 5) is 27.2. The Bertz CT molecular complexity index is 958. The lowest BCUT2D eigenvalue weighted by Gasteiger charge is -2.42. The van der Waals surface area contributed by atoms with Crippen molar-refractivity contribution in [3.63, 3.8) is 0 Å². The number of benzene rings is 1. The van der Waals surface area contributed by atoms with Crippen molar-refractivity contribution in [1.82, 2.24) is 9.47 Å². The van der Waals surface area contributed by atoms with Crippen LogP contribution in [0.1, 0.15) is 23.6 Å². The molecule has 0 N–H and O–H groups in total. The number of methoxy groups -OCH3 is 3. The molecule has 1 saturated heterocycles. The molecule has 29 heavy (non-hydrogen) atoms. The number of aromatic nitrogens is 1.